The molecule has 0 spiro atoms. The number of rotatable bonds is 4. The molecule has 1 aromatic heterocycles. The predicted octanol–water partition coefficient (Wildman–Crippen LogP) is 2.47. The second kappa shape index (κ2) is 5.33. The van der Waals surface area contributed by atoms with E-state index in [2.05, 4.69) is 5.10 Å². The first kappa shape index (κ1) is 12.8. The Bertz CT molecular complexity index is 551. The Morgan fingerprint density at radius 3 is 2.72 bits per heavy atom. The molecule has 0 amide bonds. The van der Waals surface area contributed by atoms with E-state index in [4.69, 9.17) is 11.6 Å². The number of nitrogens with zero attached hydrogens (tertiary/aromatic N) is 2. The van der Waals surface area contributed by atoms with Crippen LogP contribution in [-0.2, 0) is 6.54 Å². The van der Waals surface area contributed by atoms with Gasteiger partial charge in [-0.1, -0.05) is 41.9 Å². The van der Waals surface area contributed by atoms with Crippen molar-refractivity contribution in [1.82, 2.24) is 9.78 Å². The van der Waals surface area contributed by atoms with Gasteiger partial charge in [0.25, 0.3) is 0 Å². The number of ketones is 1. The molecular formula is C13H13ClN2O2. The van der Waals surface area contributed by atoms with Crippen LogP contribution in [0.1, 0.15) is 29.1 Å². The lowest BCUT2D eigenvalue weighted by Crippen LogP contribution is -2.17. The van der Waals surface area contributed by atoms with Gasteiger partial charge in [0.15, 0.2) is 0 Å². The van der Waals surface area contributed by atoms with Crippen LogP contribution in [0.25, 0.3) is 0 Å². The molecule has 1 aromatic carbocycles. The average molecular weight is 265 g/mol. The third-order valence-electron chi connectivity index (χ3n) is 2.69. The van der Waals surface area contributed by atoms with Crippen LogP contribution in [0.3, 0.4) is 0 Å². The number of hydrogen-bond acceptors (Lipinski definition) is 3. The number of carbonyl (C=O) groups is 1. The molecule has 0 aliphatic rings. The van der Waals surface area contributed by atoms with Crippen molar-refractivity contribution in [1.29, 1.82) is 0 Å². The monoisotopic (exact) mass is 264 g/mol. The minimum atomic E-state index is -1.22. The molecule has 0 aliphatic carbocycles. The van der Waals surface area contributed by atoms with Crippen molar-refractivity contribution in [3.05, 3.63) is 52.8 Å². The third-order valence-corrected chi connectivity index (χ3v) is 2.97. The Labute approximate surface area is 110 Å². The zero-order valence-electron chi connectivity index (χ0n) is 9.88. The zero-order valence-corrected chi connectivity index (χ0v) is 10.6. The molecule has 94 valence electrons. The number of Topliss-reactive ketones (excluding diaryl/α,β-unsaturated/α-hetero) is 1. The van der Waals surface area contributed by atoms with Crippen molar-refractivity contribution in [2.75, 3.05) is 0 Å². The summed E-state index contributed by atoms with van der Waals surface area (Å²) in [6, 6.07) is 8.76. The molecule has 0 fully saturated rings. The van der Waals surface area contributed by atoms with Crippen molar-refractivity contribution in [3.63, 3.8) is 0 Å². The van der Waals surface area contributed by atoms with E-state index < -0.39 is 11.9 Å². The quantitative estimate of drug-likeness (QED) is 0.863. The van der Waals surface area contributed by atoms with Crippen LogP contribution in [0.15, 0.2) is 36.5 Å². The average Bonchev–Trinajstić information content (AvgIpc) is 2.79. The van der Waals surface area contributed by atoms with E-state index in [0.29, 0.717) is 12.1 Å². The molecule has 0 radical (unpaired) electrons. The topological polar surface area (TPSA) is 55.1 Å². The second-order valence-electron chi connectivity index (χ2n) is 3.83. The molecule has 0 saturated heterocycles. The maximum absolute atomic E-state index is 12.2. The molecule has 1 N–H and O–H groups in total. The summed E-state index contributed by atoms with van der Waals surface area (Å²) in [6.07, 6.45) is 0.196. The van der Waals surface area contributed by atoms with Gasteiger partial charge in [0.1, 0.15) is 11.8 Å². The van der Waals surface area contributed by atoms with Gasteiger partial charge in [-0.3, -0.25) is 9.48 Å². The normalized spacial score (nSPS) is 12.4. The number of benzene rings is 1. The van der Waals surface area contributed by atoms with Crippen LogP contribution < -0.4 is 0 Å². The summed E-state index contributed by atoms with van der Waals surface area (Å²) in [4.78, 5) is 12.2. The van der Waals surface area contributed by atoms with Crippen molar-refractivity contribution in [2.45, 2.75) is 19.6 Å². The van der Waals surface area contributed by atoms with Crippen LogP contribution >= 0.6 is 11.6 Å². The summed E-state index contributed by atoms with van der Waals surface area (Å²) >= 11 is 5.93. The molecular weight excluding hydrogens is 252 g/mol. The van der Waals surface area contributed by atoms with Crippen LogP contribution in [0.2, 0.25) is 5.02 Å². The van der Waals surface area contributed by atoms with Crippen molar-refractivity contribution in [3.8, 4) is 0 Å². The third kappa shape index (κ3) is 2.30. The number of aliphatic hydroxyl groups is 1. The van der Waals surface area contributed by atoms with Crippen LogP contribution in [-0.4, -0.2) is 20.7 Å². The Hall–Kier alpha value is -1.65. The highest BCUT2D eigenvalue weighted by Crippen LogP contribution is 2.23. The first-order valence-electron chi connectivity index (χ1n) is 5.63. The number of aliphatic hydroxyl groups excluding tert-OH is 1. The molecule has 0 bridgehead atoms. The van der Waals surface area contributed by atoms with Gasteiger partial charge in [-0.25, -0.2) is 0 Å². The van der Waals surface area contributed by atoms with Gasteiger partial charge in [0.05, 0.1) is 11.2 Å². The lowest BCUT2D eigenvalue weighted by atomic mass is 10.0. The minimum absolute atomic E-state index is 0.246. The number of carbonyl (C=O) groups excluding carboxylic acids is 1. The van der Waals surface area contributed by atoms with E-state index in [1.165, 1.54) is 10.9 Å². The van der Waals surface area contributed by atoms with E-state index in [1.807, 2.05) is 13.0 Å². The van der Waals surface area contributed by atoms with Crippen molar-refractivity contribution < 1.29 is 9.90 Å². The van der Waals surface area contributed by atoms with Gasteiger partial charge in [-0.05, 0) is 12.5 Å². The first-order valence-corrected chi connectivity index (χ1v) is 6.01. The second-order valence-corrected chi connectivity index (χ2v) is 4.24. The van der Waals surface area contributed by atoms with Gasteiger partial charge >= 0.3 is 0 Å². The standard InChI is InChI=1S/C13H13ClN2O2/c1-2-16-11(10(14)8-15-16)13(18)12(17)9-6-4-3-5-7-9/h3-8,12,17H,2H2,1H3. The summed E-state index contributed by atoms with van der Waals surface area (Å²) in [5, 5.41) is 14.3. The molecule has 1 atom stereocenters. The molecule has 0 aliphatic heterocycles. The van der Waals surface area contributed by atoms with Crippen LogP contribution in [0, 0.1) is 0 Å². The van der Waals surface area contributed by atoms with E-state index >= 15 is 0 Å². The summed E-state index contributed by atoms with van der Waals surface area (Å²) in [5.74, 6) is -0.439. The maximum Gasteiger partial charge on any atom is 0.215 e. The fourth-order valence-corrected chi connectivity index (χ4v) is 2.00. The van der Waals surface area contributed by atoms with Gasteiger partial charge in [0.2, 0.25) is 5.78 Å². The van der Waals surface area contributed by atoms with Crippen LogP contribution in [0.5, 0.6) is 0 Å². The Morgan fingerprint density at radius 1 is 1.44 bits per heavy atom. The summed E-state index contributed by atoms with van der Waals surface area (Å²) in [5.41, 5.74) is 0.790. The minimum Gasteiger partial charge on any atom is -0.380 e. The fourth-order valence-electron chi connectivity index (χ4n) is 1.76. The Morgan fingerprint density at radius 2 is 2.11 bits per heavy atom. The molecule has 1 heterocycles. The lowest BCUT2D eigenvalue weighted by molar-refractivity contribution is 0.0736. The molecule has 2 aromatic rings. The van der Waals surface area contributed by atoms with Gasteiger partial charge in [-0.15, -0.1) is 0 Å². The van der Waals surface area contributed by atoms with Gasteiger partial charge < -0.3 is 5.11 Å². The molecule has 0 saturated carbocycles. The number of halogens is 1. The molecule has 2 rings (SSSR count). The molecule has 18 heavy (non-hydrogen) atoms. The fraction of sp³-hybridized carbons (Fsp3) is 0.231. The Balaban J connectivity index is 2.34. The smallest absolute Gasteiger partial charge is 0.215 e. The Kier molecular flexibility index (Phi) is 3.79. The highest BCUT2D eigenvalue weighted by molar-refractivity contribution is 6.33. The van der Waals surface area contributed by atoms with E-state index in [9.17, 15) is 9.90 Å². The first-order chi connectivity index (χ1) is 8.65. The number of hydrogen-bond donors (Lipinski definition) is 1. The highest BCUT2D eigenvalue weighted by atomic mass is 35.5. The SMILES string of the molecule is CCn1ncc(Cl)c1C(=O)C(O)c1ccccc1. The van der Waals surface area contributed by atoms with Crippen LogP contribution in [0.4, 0.5) is 0 Å². The van der Waals surface area contributed by atoms with Gasteiger partial charge in [-0.2, -0.15) is 5.10 Å². The molecule has 4 nitrogen and oxygen atoms in total. The zero-order chi connectivity index (χ0) is 13.1. The summed E-state index contributed by atoms with van der Waals surface area (Å²) in [6.45, 7) is 2.38. The maximum atomic E-state index is 12.2. The van der Waals surface area contributed by atoms with E-state index in [-0.39, 0.29) is 10.7 Å². The molecule has 1 unspecified atom stereocenters. The predicted molar refractivity (Wildman–Crippen MR) is 68.6 cm³/mol. The highest BCUT2D eigenvalue weighted by Gasteiger charge is 2.25. The largest absolute Gasteiger partial charge is 0.380 e. The number of aryl methyl sites for hydroxylation is 1. The molecule has 5 heteroatoms. The van der Waals surface area contributed by atoms with E-state index in [1.54, 1.807) is 24.3 Å². The lowest BCUT2D eigenvalue weighted by Gasteiger charge is -2.11. The van der Waals surface area contributed by atoms with Crippen molar-refractivity contribution in [2.24, 2.45) is 0 Å². The van der Waals surface area contributed by atoms with E-state index in [0.717, 1.165) is 0 Å². The summed E-state index contributed by atoms with van der Waals surface area (Å²) < 4.78 is 1.48. The number of aromatic nitrogens is 2. The summed E-state index contributed by atoms with van der Waals surface area (Å²) in [7, 11) is 0. The van der Waals surface area contributed by atoms with Crippen molar-refractivity contribution >= 4 is 17.4 Å². The van der Waals surface area contributed by atoms with Gasteiger partial charge in [0, 0.05) is 6.54 Å².